The molecule has 0 bridgehead atoms. The van der Waals surface area contributed by atoms with Crippen molar-refractivity contribution in [2.24, 2.45) is 0 Å². The predicted octanol–water partition coefficient (Wildman–Crippen LogP) is 4.84. The molecule has 0 amide bonds. The minimum atomic E-state index is -4.30. The topological polar surface area (TPSA) is 0 Å². The normalized spacial score (nSPS) is 21.1. The molecule has 0 saturated heterocycles. The third kappa shape index (κ3) is 1.47. The molecule has 1 atom stereocenters. The standard InChI is InChI=1S/C16H13F3/c1-10-7-8-12-11-5-3-4-6-13(11)15(2,14(12)9-10)16(17,18)19/h3-9H,1-2H3/t15-/m0/s1. The van der Waals surface area contributed by atoms with E-state index in [-0.39, 0.29) is 0 Å². The number of benzene rings is 2. The Morgan fingerprint density at radius 1 is 0.895 bits per heavy atom. The molecule has 3 heteroatoms. The SMILES string of the molecule is Cc1ccc2c(c1)[C@@](C)(C(F)(F)F)c1ccccc1-2. The summed E-state index contributed by atoms with van der Waals surface area (Å²) in [5.41, 5.74) is 1.04. The van der Waals surface area contributed by atoms with Crippen molar-refractivity contribution < 1.29 is 13.2 Å². The highest BCUT2D eigenvalue weighted by Crippen LogP contribution is 2.56. The molecule has 0 nitrogen and oxygen atoms in total. The number of halogens is 3. The Balaban J connectivity index is 2.42. The van der Waals surface area contributed by atoms with Gasteiger partial charge >= 0.3 is 6.18 Å². The molecule has 0 aromatic heterocycles. The minimum absolute atomic E-state index is 0.350. The van der Waals surface area contributed by atoms with Gasteiger partial charge in [0.25, 0.3) is 0 Å². The van der Waals surface area contributed by atoms with Crippen molar-refractivity contribution in [3.8, 4) is 11.1 Å². The molecular formula is C16H13F3. The Morgan fingerprint density at radius 3 is 2.21 bits per heavy atom. The zero-order valence-corrected chi connectivity index (χ0v) is 10.7. The fourth-order valence-electron chi connectivity index (χ4n) is 2.91. The van der Waals surface area contributed by atoms with Crippen molar-refractivity contribution in [1.29, 1.82) is 0 Å². The second-order valence-corrected chi connectivity index (χ2v) is 5.22. The van der Waals surface area contributed by atoms with E-state index in [0.29, 0.717) is 22.3 Å². The van der Waals surface area contributed by atoms with Gasteiger partial charge in [0, 0.05) is 0 Å². The third-order valence-corrected chi connectivity index (χ3v) is 4.04. The maximum Gasteiger partial charge on any atom is 0.402 e. The molecule has 0 heterocycles. The van der Waals surface area contributed by atoms with E-state index in [2.05, 4.69) is 0 Å². The lowest BCUT2D eigenvalue weighted by Crippen LogP contribution is -2.38. The van der Waals surface area contributed by atoms with E-state index < -0.39 is 11.6 Å². The second-order valence-electron chi connectivity index (χ2n) is 5.22. The van der Waals surface area contributed by atoms with Gasteiger partial charge in [-0.05, 0) is 36.1 Å². The van der Waals surface area contributed by atoms with Gasteiger partial charge in [0.15, 0.2) is 0 Å². The zero-order chi connectivity index (χ0) is 13.8. The van der Waals surface area contributed by atoms with Gasteiger partial charge in [-0.25, -0.2) is 0 Å². The van der Waals surface area contributed by atoms with Gasteiger partial charge in [-0.2, -0.15) is 13.2 Å². The van der Waals surface area contributed by atoms with Crippen molar-refractivity contribution in [3.05, 3.63) is 59.2 Å². The molecule has 2 aromatic carbocycles. The van der Waals surface area contributed by atoms with Crippen molar-refractivity contribution >= 4 is 0 Å². The Kier molecular flexibility index (Phi) is 2.34. The average molecular weight is 262 g/mol. The van der Waals surface area contributed by atoms with E-state index in [0.717, 1.165) is 5.56 Å². The van der Waals surface area contributed by atoms with Crippen LogP contribution in [0.15, 0.2) is 42.5 Å². The molecule has 1 aliphatic carbocycles. The molecule has 0 aliphatic heterocycles. The van der Waals surface area contributed by atoms with Gasteiger partial charge in [0.1, 0.15) is 5.41 Å². The first-order valence-electron chi connectivity index (χ1n) is 6.13. The Labute approximate surface area is 109 Å². The van der Waals surface area contributed by atoms with Crippen LogP contribution in [0, 0.1) is 6.92 Å². The molecule has 0 radical (unpaired) electrons. The summed E-state index contributed by atoms with van der Waals surface area (Å²) >= 11 is 0. The second kappa shape index (κ2) is 3.62. The van der Waals surface area contributed by atoms with Crippen LogP contribution in [0.3, 0.4) is 0 Å². The van der Waals surface area contributed by atoms with Crippen molar-refractivity contribution in [2.45, 2.75) is 25.4 Å². The molecule has 0 saturated carbocycles. The van der Waals surface area contributed by atoms with E-state index in [1.54, 1.807) is 36.4 Å². The predicted molar refractivity (Wildman–Crippen MR) is 69.1 cm³/mol. The maximum atomic E-state index is 13.6. The first-order chi connectivity index (χ1) is 8.85. The Hall–Kier alpha value is -1.77. The van der Waals surface area contributed by atoms with E-state index in [1.165, 1.54) is 6.92 Å². The van der Waals surface area contributed by atoms with Gasteiger partial charge in [0.05, 0.1) is 0 Å². The fourth-order valence-corrected chi connectivity index (χ4v) is 2.91. The number of fused-ring (bicyclic) bond motifs is 3. The van der Waals surface area contributed by atoms with Gasteiger partial charge in [-0.3, -0.25) is 0 Å². The van der Waals surface area contributed by atoms with Crippen LogP contribution in [0.1, 0.15) is 23.6 Å². The van der Waals surface area contributed by atoms with Gasteiger partial charge < -0.3 is 0 Å². The summed E-state index contributed by atoms with van der Waals surface area (Å²) < 4.78 is 40.9. The van der Waals surface area contributed by atoms with Crippen LogP contribution in [0.2, 0.25) is 0 Å². The fraction of sp³-hybridized carbons (Fsp3) is 0.250. The Bertz CT molecular complexity index is 655. The van der Waals surface area contributed by atoms with Crippen LogP contribution >= 0.6 is 0 Å². The quantitative estimate of drug-likeness (QED) is 0.637. The smallest absolute Gasteiger partial charge is 0.170 e. The molecule has 3 rings (SSSR count). The molecule has 2 aromatic rings. The highest BCUT2D eigenvalue weighted by atomic mass is 19.4. The number of alkyl halides is 3. The number of hydrogen-bond acceptors (Lipinski definition) is 0. The van der Waals surface area contributed by atoms with Gasteiger partial charge in [0.2, 0.25) is 0 Å². The summed E-state index contributed by atoms with van der Waals surface area (Å²) in [5.74, 6) is 0. The largest absolute Gasteiger partial charge is 0.402 e. The summed E-state index contributed by atoms with van der Waals surface area (Å²) in [6, 6.07) is 12.1. The first kappa shape index (κ1) is 12.3. The van der Waals surface area contributed by atoms with E-state index in [9.17, 15) is 13.2 Å². The summed E-state index contributed by atoms with van der Waals surface area (Å²) in [6.45, 7) is 3.09. The molecule has 0 fully saturated rings. The van der Waals surface area contributed by atoms with E-state index >= 15 is 0 Å². The van der Waals surface area contributed by atoms with Crippen LogP contribution in [0.5, 0.6) is 0 Å². The molecule has 0 N–H and O–H groups in total. The third-order valence-electron chi connectivity index (χ3n) is 4.04. The summed E-state index contributed by atoms with van der Waals surface area (Å²) in [4.78, 5) is 0. The lowest BCUT2D eigenvalue weighted by molar-refractivity contribution is -0.172. The van der Waals surface area contributed by atoms with Crippen LogP contribution < -0.4 is 0 Å². The molecule has 1 aliphatic rings. The highest BCUT2D eigenvalue weighted by Gasteiger charge is 2.57. The van der Waals surface area contributed by atoms with Gasteiger partial charge in [-0.1, -0.05) is 48.0 Å². The Morgan fingerprint density at radius 2 is 1.53 bits per heavy atom. The maximum absolute atomic E-state index is 13.6. The van der Waals surface area contributed by atoms with Crippen molar-refractivity contribution in [1.82, 2.24) is 0 Å². The highest BCUT2D eigenvalue weighted by molar-refractivity contribution is 5.81. The number of aryl methyl sites for hydroxylation is 1. The average Bonchev–Trinajstić information content (AvgIpc) is 2.61. The molecule has 19 heavy (non-hydrogen) atoms. The summed E-state index contributed by atoms with van der Waals surface area (Å²) in [5, 5.41) is 0. The van der Waals surface area contributed by atoms with Crippen LogP contribution in [0.4, 0.5) is 13.2 Å². The first-order valence-corrected chi connectivity index (χ1v) is 6.13. The molecule has 98 valence electrons. The van der Waals surface area contributed by atoms with Crippen molar-refractivity contribution in [3.63, 3.8) is 0 Å². The molecule has 0 unspecified atom stereocenters. The monoisotopic (exact) mass is 262 g/mol. The number of hydrogen-bond donors (Lipinski definition) is 0. The van der Waals surface area contributed by atoms with Crippen LogP contribution in [-0.2, 0) is 5.41 Å². The van der Waals surface area contributed by atoms with E-state index in [4.69, 9.17) is 0 Å². The summed E-state index contributed by atoms with van der Waals surface area (Å²) in [6.07, 6.45) is -4.30. The lowest BCUT2D eigenvalue weighted by atomic mass is 9.79. The van der Waals surface area contributed by atoms with Crippen LogP contribution in [0.25, 0.3) is 11.1 Å². The minimum Gasteiger partial charge on any atom is -0.170 e. The zero-order valence-electron chi connectivity index (χ0n) is 10.7. The van der Waals surface area contributed by atoms with E-state index in [1.807, 2.05) is 13.0 Å². The van der Waals surface area contributed by atoms with Crippen molar-refractivity contribution in [2.75, 3.05) is 0 Å². The van der Waals surface area contributed by atoms with Gasteiger partial charge in [-0.15, -0.1) is 0 Å². The summed E-state index contributed by atoms with van der Waals surface area (Å²) in [7, 11) is 0. The number of rotatable bonds is 0. The molecular weight excluding hydrogens is 249 g/mol. The molecule has 0 spiro atoms. The lowest BCUT2D eigenvalue weighted by Gasteiger charge is -2.30. The van der Waals surface area contributed by atoms with Crippen LogP contribution in [-0.4, -0.2) is 6.18 Å².